The van der Waals surface area contributed by atoms with Crippen molar-refractivity contribution in [1.29, 1.82) is 0 Å². The Labute approximate surface area is 169 Å². The molecule has 0 N–H and O–H groups in total. The van der Waals surface area contributed by atoms with Crippen molar-refractivity contribution < 1.29 is 19.1 Å². The number of para-hydroxylation sites is 1. The summed E-state index contributed by atoms with van der Waals surface area (Å²) in [4.78, 5) is 32.5. The van der Waals surface area contributed by atoms with Crippen molar-refractivity contribution in [2.24, 2.45) is 0 Å². The van der Waals surface area contributed by atoms with E-state index >= 15 is 0 Å². The fourth-order valence-electron chi connectivity index (χ4n) is 3.49. The maximum Gasteiger partial charge on any atom is 0.340 e. The molecule has 1 saturated heterocycles. The molecule has 6 heteroatoms. The number of esters is 1. The van der Waals surface area contributed by atoms with Crippen LogP contribution in [0.15, 0.2) is 60.7 Å². The van der Waals surface area contributed by atoms with Crippen molar-refractivity contribution in [2.75, 3.05) is 26.3 Å². The summed E-state index contributed by atoms with van der Waals surface area (Å²) in [5.41, 5.74) is 2.48. The molecule has 6 nitrogen and oxygen atoms in total. The third-order valence-electron chi connectivity index (χ3n) is 4.94. The van der Waals surface area contributed by atoms with Crippen LogP contribution in [0.5, 0.6) is 0 Å². The minimum atomic E-state index is -1.01. The molecule has 0 saturated carbocycles. The minimum absolute atomic E-state index is 0.233. The Hall–Kier alpha value is -3.25. The number of nitrogens with zero attached hydrogens (tertiary/aromatic N) is 2. The highest BCUT2D eigenvalue weighted by atomic mass is 16.5. The summed E-state index contributed by atoms with van der Waals surface area (Å²) in [5.74, 6) is -0.773. The minimum Gasteiger partial charge on any atom is -0.444 e. The Morgan fingerprint density at radius 3 is 2.48 bits per heavy atom. The summed E-state index contributed by atoms with van der Waals surface area (Å²) in [6.45, 7) is 3.76. The van der Waals surface area contributed by atoms with Crippen LogP contribution < -0.4 is 0 Å². The second kappa shape index (κ2) is 8.41. The van der Waals surface area contributed by atoms with E-state index in [1.807, 2.05) is 49.4 Å². The molecule has 1 aliphatic heterocycles. The van der Waals surface area contributed by atoms with Crippen LogP contribution in [0, 0.1) is 6.92 Å². The molecule has 29 heavy (non-hydrogen) atoms. The Kier molecular flexibility index (Phi) is 5.53. The molecule has 1 aromatic heterocycles. The molecule has 148 valence electrons. The molecule has 0 radical (unpaired) electrons. The molecule has 0 bridgehead atoms. The first-order valence-corrected chi connectivity index (χ1v) is 9.62. The van der Waals surface area contributed by atoms with Gasteiger partial charge in [0.2, 0.25) is 6.10 Å². The van der Waals surface area contributed by atoms with Crippen LogP contribution in [-0.2, 0) is 14.3 Å². The van der Waals surface area contributed by atoms with E-state index < -0.39 is 12.1 Å². The van der Waals surface area contributed by atoms with E-state index in [0.29, 0.717) is 48.5 Å². The molecule has 1 aliphatic rings. The monoisotopic (exact) mass is 390 g/mol. The standard InChI is InChI=1S/C23H22N2O4/c1-16-15-19(18-9-5-6-10-20(18)24-16)23(27)29-21(17-7-3-2-4-8-17)22(26)25-11-13-28-14-12-25/h2-10,15,21H,11-14H2,1H3/t21-/m1/s1. The highest BCUT2D eigenvalue weighted by Gasteiger charge is 2.31. The van der Waals surface area contributed by atoms with E-state index in [1.165, 1.54) is 0 Å². The summed E-state index contributed by atoms with van der Waals surface area (Å²) in [6, 6.07) is 18.2. The number of aryl methyl sites for hydroxylation is 1. The van der Waals surface area contributed by atoms with Crippen molar-refractivity contribution >= 4 is 22.8 Å². The molecule has 0 unspecified atom stereocenters. The molecule has 1 amide bonds. The third kappa shape index (κ3) is 4.12. The number of morpholine rings is 1. The molecule has 0 spiro atoms. The van der Waals surface area contributed by atoms with Crippen molar-refractivity contribution in [3.05, 3.63) is 77.5 Å². The molecule has 3 aromatic rings. The van der Waals surface area contributed by atoms with Gasteiger partial charge in [0.25, 0.3) is 5.91 Å². The number of benzene rings is 2. The van der Waals surface area contributed by atoms with Crippen LogP contribution in [0.4, 0.5) is 0 Å². The molecule has 1 atom stereocenters. The molecule has 2 heterocycles. The van der Waals surface area contributed by atoms with E-state index in [4.69, 9.17) is 9.47 Å². The zero-order chi connectivity index (χ0) is 20.2. The Bertz CT molecular complexity index is 1030. The van der Waals surface area contributed by atoms with Crippen LogP contribution in [0.3, 0.4) is 0 Å². The number of hydrogen-bond acceptors (Lipinski definition) is 5. The first-order valence-electron chi connectivity index (χ1n) is 9.62. The van der Waals surface area contributed by atoms with Gasteiger partial charge in [0.05, 0.1) is 24.3 Å². The first-order chi connectivity index (χ1) is 14.1. The van der Waals surface area contributed by atoms with Gasteiger partial charge >= 0.3 is 5.97 Å². The summed E-state index contributed by atoms with van der Waals surface area (Å²) < 4.78 is 11.1. The Balaban J connectivity index is 1.67. The van der Waals surface area contributed by atoms with Gasteiger partial charge in [-0.1, -0.05) is 48.5 Å². The average molecular weight is 390 g/mol. The van der Waals surface area contributed by atoms with E-state index in [9.17, 15) is 9.59 Å². The van der Waals surface area contributed by atoms with Crippen molar-refractivity contribution in [3.8, 4) is 0 Å². The zero-order valence-electron chi connectivity index (χ0n) is 16.2. The van der Waals surface area contributed by atoms with E-state index in [2.05, 4.69) is 4.98 Å². The molecular formula is C23H22N2O4. The lowest BCUT2D eigenvalue weighted by atomic mass is 10.1. The SMILES string of the molecule is Cc1cc(C(=O)O[C@@H](C(=O)N2CCOCC2)c2ccccc2)c2ccccc2n1. The first kappa shape index (κ1) is 19.1. The summed E-state index contributed by atoms with van der Waals surface area (Å²) >= 11 is 0. The molecule has 0 aliphatic carbocycles. The van der Waals surface area contributed by atoms with Crippen molar-refractivity contribution in [2.45, 2.75) is 13.0 Å². The maximum atomic E-state index is 13.2. The number of carbonyl (C=O) groups excluding carboxylic acids is 2. The van der Waals surface area contributed by atoms with Gasteiger partial charge < -0.3 is 14.4 Å². The predicted octanol–water partition coefficient (Wildman–Crippen LogP) is 3.30. The van der Waals surface area contributed by atoms with E-state index in [0.717, 1.165) is 5.52 Å². The number of hydrogen-bond donors (Lipinski definition) is 0. The maximum absolute atomic E-state index is 13.2. The van der Waals surface area contributed by atoms with Gasteiger partial charge in [0.1, 0.15) is 0 Å². The Morgan fingerprint density at radius 1 is 1.03 bits per heavy atom. The number of fused-ring (bicyclic) bond motifs is 1. The number of carbonyl (C=O) groups is 2. The average Bonchev–Trinajstić information content (AvgIpc) is 2.77. The molecular weight excluding hydrogens is 368 g/mol. The second-order valence-electron chi connectivity index (χ2n) is 6.96. The van der Waals surface area contributed by atoms with Gasteiger partial charge in [-0.25, -0.2) is 4.79 Å². The number of aromatic nitrogens is 1. The third-order valence-corrected chi connectivity index (χ3v) is 4.94. The lowest BCUT2D eigenvalue weighted by molar-refractivity contribution is -0.145. The fraction of sp³-hybridized carbons (Fsp3) is 0.261. The van der Waals surface area contributed by atoms with Gasteiger partial charge in [-0.3, -0.25) is 9.78 Å². The van der Waals surface area contributed by atoms with Gasteiger partial charge in [-0.05, 0) is 19.1 Å². The van der Waals surface area contributed by atoms with E-state index in [1.54, 1.807) is 23.1 Å². The topological polar surface area (TPSA) is 68.7 Å². The second-order valence-corrected chi connectivity index (χ2v) is 6.96. The van der Waals surface area contributed by atoms with Crippen LogP contribution in [0.25, 0.3) is 10.9 Å². The number of ether oxygens (including phenoxy) is 2. The van der Waals surface area contributed by atoms with Crippen molar-refractivity contribution in [1.82, 2.24) is 9.88 Å². The highest BCUT2D eigenvalue weighted by Crippen LogP contribution is 2.25. The lowest BCUT2D eigenvalue weighted by Crippen LogP contribution is -2.44. The number of amides is 1. The Morgan fingerprint density at radius 2 is 1.72 bits per heavy atom. The quantitative estimate of drug-likeness (QED) is 0.640. The summed E-state index contributed by atoms with van der Waals surface area (Å²) in [6.07, 6.45) is -1.01. The number of pyridine rings is 1. The number of rotatable bonds is 4. The van der Waals surface area contributed by atoms with Gasteiger partial charge in [-0.15, -0.1) is 0 Å². The smallest absolute Gasteiger partial charge is 0.340 e. The summed E-state index contributed by atoms with van der Waals surface area (Å²) in [5, 5.41) is 0.703. The largest absolute Gasteiger partial charge is 0.444 e. The van der Waals surface area contributed by atoms with Gasteiger partial charge in [0.15, 0.2) is 0 Å². The fourth-order valence-corrected chi connectivity index (χ4v) is 3.49. The lowest BCUT2D eigenvalue weighted by Gasteiger charge is -2.30. The van der Waals surface area contributed by atoms with Crippen LogP contribution in [0.1, 0.15) is 27.7 Å². The zero-order valence-corrected chi connectivity index (χ0v) is 16.2. The highest BCUT2D eigenvalue weighted by molar-refractivity contribution is 6.04. The molecule has 1 fully saturated rings. The van der Waals surface area contributed by atoms with Crippen LogP contribution in [0.2, 0.25) is 0 Å². The summed E-state index contributed by atoms with van der Waals surface area (Å²) in [7, 11) is 0. The van der Waals surface area contributed by atoms with Crippen LogP contribution in [-0.4, -0.2) is 48.1 Å². The molecule has 2 aromatic carbocycles. The normalized spacial score (nSPS) is 15.1. The molecule has 4 rings (SSSR count). The van der Waals surface area contributed by atoms with Gasteiger partial charge in [0, 0.05) is 29.7 Å². The van der Waals surface area contributed by atoms with Gasteiger partial charge in [-0.2, -0.15) is 0 Å². The van der Waals surface area contributed by atoms with Crippen molar-refractivity contribution in [3.63, 3.8) is 0 Å². The predicted molar refractivity (Wildman–Crippen MR) is 108 cm³/mol. The van der Waals surface area contributed by atoms with Crippen LogP contribution >= 0.6 is 0 Å². The van der Waals surface area contributed by atoms with E-state index in [-0.39, 0.29) is 5.91 Å².